The normalized spacial score (nSPS) is 12.5. The average Bonchev–Trinajstić information content (AvgIpc) is 3.40. The van der Waals surface area contributed by atoms with Crippen LogP contribution in [0.15, 0.2) is 59.1 Å². The van der Waals surface area contributed by atoms with Crippen LogP contribution in [0.2, 0.25) is 5.02 Å². The fourth-order valence-electron chi connectivity index (χ4n) is 3.05. The molecular weight excluding hydrogens is 446 g/mol. The zero-order valence-corrected chi connectivity index (χ0v) is 20.3. The van der Waals surface area contributed by atoms with Crippen LogP contribution in [-0.4, -0.2) is 38.7 Å². The van der Waals surface area contributed by atoms with E-state index < -0.39 is 0 Å². The fraction of sp³-hybridized carbons (Fsp3) is 0.261. The maximum absolute atomic E-state index is 6.11. The van der Waals surface area contributed by atoms with Gasteiger partial charge in [-0.25, -0.2) is 4.98 Å². The summed E-state index contributed by atoms with van der Waals surface area (Å²) in [4.78, 5) is 6.95. The quantitative estimate of drug-likeness (QED) is 0.298. The number of benzene rings is 2. The van der Waals surface area contributed by atoms with Crippen molar-refractivity contribution in [2.75, 3.05) is 14.1 Å². The minimum atomic E-state index is 0.116. The molecule has 2 aromatic carbocycles. The Bertz CT molecular complexity index is 1150. The summed E-state index contributed by atoms with van der Waals surface area (Å²) in [5, 5.41) is 13.7. The minimum absolute atomic E-state index is 0.116. The van der Waals surface area contributed by atoms with E-state index in [-0.39, 0.29) is 6.04 Å². The highest BCUT2D eigenvalue weighted by atomic mass is 35.5. The second kappa shape index (κ2) is 9.53. The first-order valence-electron chi connectivity index (χ1n) is 9.94. The van der Waals surface area contributed by atoms with Gasteiger partial charge >= 0.3 is 0 Å². The van der Waals surface area contributed by atoms with Crippen molar-refractivity contribution >= 4 is 34.7 Å². The van der Waals surface area contributed by atoms with E-state index in [1.54, 1.807) is 23.1 Å². The molecule has 0 N–H and O–H groups in total. The molecule has 0 aliphatic rings. The Hall–Kier alpha value is -2.19. The van der Waals surface area contributed by atoms with Crippen LogP contribution in [0.1, 0.15) is 30.0 Å². The average molecular weight is 470 g/mol. The molecule has 31 heavy (non-hydrogen) atoms. The third-order valence-electron chi connectivity index (χ3n) is 5.09. The molecule has 8 heteroatoms. The summed E-state index contributed by atoms with van der Waals surface area (Å²) in [5.41, 5.74) is 4.44. The molecule has 0 amide bonds. The summed E-state index contributed by atoms with van der Waals surface area (Å²) >= 11 is 9.42. The Labute approximate surface area is 196 Å². The number of hydrogen-bond acceptors (Lipinski definition) is 6. The molecule has 5 nitrogen and oxygen atoms in total. The SMILES string of the molecule is Cc1ccc(-c2nc(CSc3nnc(C(C)N(C)C)n3-c3ccc(Cl)cc3)cs2)cc1. The van der Waals surface area contributed by atoms with Gasteiger partial charge in [-0.3, -0.25) is 9.47 Å². The minimum Gasteiger partial charge on any atom is -0.300 e. The van der Waals surface area contributed by atoms with Crippen molar-refractivity contribution in [3.8, 4) is 16.3 Å². The number of aromatic nitrogens is 4. The Balaban J connectivity index is 1.59. The maximum atomic E-state index is 6.11. The third kappa shape index (κ3) is 5.01. The van der Waals surface area contributed by atoms with Gasteiger partial charge < -0.3 is 0 Å². The molecule has 2 heterocycles. The topological polar surface area (TPSA) is 46.8 Å². The van der Waals surface area contributed by atoms with E-state index in [1.807, 2.05) is 38.4 Å². The maximum Gasteiger partial charge on any atom is 0.196 e. The van der Waals surface area contributed by atoms with Gasteiger partial charge in [-0.2, -0.15) is 0 Å². The summed E-state index contributed by atoms with van der Waals surface area (Å²) in [7, 11) is 4.08. The van der Waals surface area contributed by atoms with Crippen molar-refractivity contribution in [3.05, 3.63) is 76.0 Å². The zero-order valence-electron chi connectivity index (χ0n) is 17.9. The van der Waals surface area contributed by atoms with Crippen LogP contribution in [0, 0.1) is 6.92 Å². The van der Waals surface area contributed by atoms with Crippen LogP contribution >= 0.6 is 34.7 Å². The number of halogens is 1. The van der Waals surface area contributed by atoms with Gasteiger partial charge in [0.15, 0.2) is 11.0 Å². The predicted molar refractivity (Wildman–Crippen MR) is 130 cm³/mol. The van der Waals surface area contributed by atoms with Crippen molar-refractivity contribution in [2.45, 2.75) is 30.8 Å². The Morgan fingerprint density at radius 1 is 1.06 bits per heavy atom. The zero-order chi connectivity index (χ0) is 22.0. The molecule has 0 aliphatic carbocycles. The molecule has 0 saturated carbocycles. The second-order valence-electron chi connectivity index (χ2n) is 7.59. The Kier molecular flexibility index (Phi) is 6.77. The van der Waals surface area contributed by atoms with E-state index in [1.165, 1.54) is 5.56 Å². The van der Waals surface area contributed by atoms with Gasteiger partial charge in [-0.15, -0.1) is 21.5 Å². The molecule has 0 aliphatic heterocycles. The molecular formula is C23H24ClN5S2. The van der Waals surface area contributed by atoms with Crippen molar-refractivity contribution in [3.63, 3.8) is 0 Å². The van der Waals surface area contributed by atoms with Gasteiger partial charge in [-0.1, -0.05) is 53.2 Å². The lowest BCUT2D eigenvalue weighted by atomic mass is 10.2. The fourth-order valence-corrected chi connectivity index (χ4v) is 4.96. The molecule has 0 radical (unpaired) electrons. The first kappa shape index (κ1) is 22.0. The van der Waals surface area contributed by atoms with Crippen LogP contribution in [0.5, 0.6) is 0 Å². The molecule has 4 aromatic rings. The summed E-state index contributed by atoms with van der Waals surface area (Å²) < 4.78 is 2.11. The lowest BCUT2D eigenvalue weighted by Gasteiger charge is -2.20. The predicted octanol–water partition coefficient (Wildman–Crippen LogP) is 6.27. The largest absolute Gasteiger partial charge is 0.300 e. The number of aryl methyl sites for hydroxylation is 1. The standard InChI is InChI=1S/C23H24ClN5S2/c1-15-5-7-17(8-6-15)22-25-19(13-30-22)14-31-23-27-26-21(16(2)28(3)4)29(23)20-11-9-18(24)10-12-20/h5-13,16H,14H2,1-4H3. The second-order valence-corrected chi connectivity index (χ2v) is 9.83. The third-order valence-corrected chi connectivity index (χ3v) is 7.25. The lowest BCUT2D eigenvalue weighted by molar-refractivity contribution is 0.305. The van der Waals surface area contributed by atoms with Crippen LogP contribution in [0.3, 0.4) is 0 Å². The van der Waals surface area contributed by atoms with Gasteiger partial charge in [-0.05, 0) is 52.2 Å². The molecule has 2 aromatic heterocycles. The summed E-state index contributed by atoms with van der Waals surface area (Å²) in [6.45, 7) is 4.22. The number of nitrogens with zero attached hydrogens (tertiary/aromatic N) is 5. The Morgan fingerprint density at radius 3 is 2.45 bits per heavy atom. The molecule has 1 atom stereocenters. The summed E-state index contributed by atoms with van der Waals surface area (Å²) in [6, 6.07) is 16.4. The van der Waals surface area contributed by atoms with Crippen LogP contribution in [-0.2, 0) is 5.75 Å². The first-order chi connectivity index (χ1) is 14.9. The van der Waals surface area contributed by atoms with Gasteiger partial charge in [0.1, 0.15) is 5.01 Å². The van der Waals surface area contributed by atoms with E-state index >= 15 is 0 Å². The monoisotopic (exact) mass is 469 g/mol. The highest BCUT2D eigenvalue weighted by Crippen LogP contribution is 2.31. The highest BCUT2D eigenvalue weighted by molar-refractivity contribution is 7.98. The number of thioether (sulfide) groups is 1. The van der Waals surface area contributed by atoms with E-state index in [2.05, 4.69) is 63.2 Å². The Morgan fingerprint density at radius 2 is 1.77 bits per heavy atom. The van der Waals surface area contributed by atoms with Crippen molar-refractivity contribution in [1.29, 1.82) is 0 Å². The van der Waals surface area contributed by atoms with E-state index in [4.69, 9.17) is 16.6 Å². The molecule has 1 unspecified atom stereocenters. The van der Waals surface area contributed by atoms with E-state index in [0.717, 1.165) is 38.7 Å². The van der Waals surface area contributed by atoms with Gasteiger partial charge in [0.05, 0.1) is 11.7 Å². The number of rotatable bonds is 7. The van der Waals surface area contributed by atoms with Gasteiger partial charge in [0, 0.05) is 27.4 Å². The van der Waals surface area contributed by atoms with Crippen molar-refractivity contribution < 1.29 is 0 Å². The van der Waals surface area contributed by atoms with Crippen LogP contribution in [0.4, 0.5) is 0 Å². The lowest BCUT2D eigenvalue weighted by Crippen LogP contribution is -2.20. The summed E-state index contributed by atoms with van der Waals surface area (Å²) in [6.07, 6.45) is 0. The smallest absolute Gasteiger partial charge is 0.196 e. The number of hydrogen-bond donors (Lipinski definition) is 0. The molecule has 0 bridgehead atoms. The van der Waals surface area contributed by atoms with Crippen LogP contribution < -0.4 is 0 Å². The molecule has 0 spiro atoms. The molecule has 160 valence electrons. The molecule has 4 rings (SSSR count). The number of thiazole rings is 1. The van der Waals surface area contributed by atoms with Gasteiger partial charge in [0.25, 0.3) is 0 Å². The highest BCUT2D eigenvalue weighted by Gasteiger charge is 2.21. The van der Waals surface area contributed by atoms with Crippen molar-refractivity contribution in [2.24, 2.45) is 0 Å². The molecule has 0 fully saturated rings. The van der Waals surface area contributed by atoms with Crippen LogP contribution in [0.25, 0.3) is 16.3 Å². The van der Waals surface area contributed by atoms with Crippen molar-refractivity contribution in [1.82, 2.24) is 24.6 Å². The van der Waals surface area contributed by atoms with Gasteiger partial charge in [0.2, 0.25) is 0 Å². The summed E-state index contributed by atoms with van der Waals surface area (Å²) in [5.74, 6) is 1.62. The molecule has 0 saturated heterocycles. The first-order valence-corrected chi connectivity index (χ1v) is 12.2. The van der Waals surface area contributed by atoms with E-state index in [9.17, 15) is 0 Å². The van der Waals surface area contributed by atoms with E-state index in [0.29, 0.717) is 5.02 Å².